The number of carbonyl (C=O) groups excluding carboxylic acids is 5. The first-order valence-corrected chi connectivity index (χ1v) is 23.5. The highest BCUT2D eigenvalue weighted by Gasteiger charge is 2.39. The summed E-state index contributed by atoms with van der Waals surface area (Å²) in [7, 11) is -3.63. The molecule has 4 atom stereocenters. The zero-order valence-electron chi connectivity index (χ0n) is 39.7. The number of hydrogen-bond donors (Lipinski definition) is 4. The van der Waals surface area contributed by atoms with Crippen molar-refractivity contribution in [1.29, 1.82) is 0 Å². The van der Waals surface area contributed by atoms with Crippen molar-refractivity contribution in [3.63, 3.8) is 0 Å². The van der Waals surface area contributed by atoms with Crippen LogP contribution in [0.5, 0.6) is 0 Å². The average molecular weight is 903 g/mol. The number of esters is 1. The Hall–Kier alpha value is -5.10. The lowest BCUT2D eigenvalue weighted by molar-refractivity contribution is -0.157. The molecule has 0 saturated heterocycles. The van der Waals surface area contributed by atoms with Gasteiger partial charge in [0.05, 0.1) is 36.1 Å². The molecule has 0 heterocycles. The summed E-state index contributed by atoms with van der Waals surface area (Å²) in [6.07, 6.45) is 3.68. The number of fused-ring (bicyclic) bond motifs is 1. The van der Waals surface area contributed by atoms with E-state index in [1.165, 1.54) is 13.8 Å². The van der Waals surface area contributed by atoms with Crippen molar-refractivity contribution in [2.45, 2.75) is 142 Å². The molecule has 0 aliphatic heterocycles. The van der Waals surface area contributed by atoms with Gasteiger partial charge in [0, 0.05) is 12.5 Å². The van der Waals surface area contributed by atoms with Crippen molar-refractivity contribution in [3.05, 3.63) is 109 Å². The van der Waals surface area contributed by atoms with Crippen molar-refractivity contribution in [2.75, 3.05) is 6.54 Å². The molecule has 5 N–H and O–H groups in total. The van der Waals surface area contributed by atoms with E-state index in [1.54, 1.807) is 98.7 Å². The number of amides is 4. The van der Waals surface area contributed by atoms with E-state index in [1.807, 2.05) is 36.4 Å². The lowest BCUT2D eigenvalue weighted by Crippen LogP contribution is -2.60. The molecule has 0 saturated carbocycles. The van der Waals surface area contributed by atoms with Gasteiger partial charge >= 0.3 is 13.6 Å². The summed E-state index contributed by atoms with van der Waals surface area (Å²) in [6.45, 7) is 27.0. The largest absolute Gasteiger partial charge is 0.460 e. The average Bonchev–Trinajstić information content (AvgIpc) is 3.14. The van der Waals surface area contributed by atoms with Gasteiger partial charge < -0.3 is 35.5 Å². The van der Waals surface area contributed by atoms with Crippen LogP contribution in [-0.4, -0.2) is 64.5 Å². The number of primary amides is 1. The Bertz CT molecular complexity index is 2160. The number of nitrogens with two attached hydrogens (primary N) is 1. The fourth-order valence-electron chi connectivity index (χ4n) is 7.30. The molecule has 13 nitrogen and oxygen atoms in total. The number of hydrogen-bond acceptors (Lipinski definition) is 9. The maximum Gasteiger partial charge on any atom is 0.336 e. The minimum Gasteiger partial charge on any atom is -0.460 e. The summed E-state index contributed by atoms with van der Waals surface area (Å²) in [4.78, 5) is 67.5. The lowest BCUT2D eigenvalue weighted by atomic mass is 9.82. The molecule has 0 fully saturated rings. The van der Waals surface area contributed by atoms with Crippen LogP contribution in [0.4, 0.5) is 0 Å². The molecule has 0 aliphatic rings. The van der Waals surface area contributed by atoms with Gasteiger partial charge in [0.2, 0.25) is 23.6 Å². The highest BCUT2D eigenvalue weighted by atomic mass is 31.2. The predicted molar refractivity (Wildman–Crippen MR) is 253 cm³/mol. The van der Waals surface area contributed by atoms with E-state index < -0.39 is 83.8 Å². The van der Waals surface area contributed by atoms with E-state index in [2.05, 4.69) is 35.2 Å². The topological polar surface area (TPSA) is 192 Å². The molecule has 0 aromatic heterocycles. The Labute approximate surface area is 380 Å². The molecule has 3 aromatic rings. The van der Waals surface area contributed by atoms with Crippen LogP contribution in [0, 0.1) is 11.8 Å². The highest BCUT2D eigenvalue weighted by Crippen LogP contribution is 2.57. The fourth-order valence-corrected chi connectivity index (χ4v) is 9.79. The van der Waals surface area contributed by atoms with Crippen LogP contribution in [0.2, 0.25) is 0 Å². The second-order valence-electron chi connectivity index (χ2n) is 19.9. The SMILES string of the molecule is C=CC[C@H](CNC(=O)[C@H](CC(N)=O)NC(=O)C(C)(C)NC(=O)[C@H](CC(=O)OC(C)(C)C)[C@H](C=C)c1ccc(CP(=O)(OC(C)(C)C)OC(C)(C)C)cc1)Cc1cccc2ccccc12. The minimum absolute atomic E-state index is 0.0129. The standard InChI is InChI=1S/C50H71N4O9P/c1-14-19-34(28-37-22-18-21-35-20-16-17-23-39(35)37)31-52-45(58)41(30-42(51)55)53-46(59)50(12,13)54-44(57)40(29-43(56)61-47(3,4)5)38(15-2)36-26-24-33(25-27-36)32-64(60,62-48(6,7)8)63-49(9,10)11/h14-18,20-27,34,38,40-41H,1-2,19,28-32H2,3-13H3,(H2,51,55)(H,52,58)(H,53,59)(H,54,57)/t34-,38+,40+,41-/m0/s1. The second kappa shape index (κ2) is 22.2. The van der Waals surface area contributed by atoms with Gasteiger partial charge in [0.1, 0.15) is 17.2 Å². The van der Waals surface area contributed by atoms with Gasteiger partial charge in [-0.2, -0.15) is 0 Å². The van der Waals surface area contributed by atoms with Crippen LogP contribution >= 0.6 is 7.60 Å². The molecule has 0 radical (unpaired) electrons. The molecule has 0 spiro atoms. The Morgan fingerprint density at radius 2 is 1.36 bits per heavy atom. The maximum absolute atomic E-state index is 14.3. The highest BCUT2D eigenvalue weighted by molar-refractivity contribution is 7.53. The third-order valence-corrected chi connectivity index (χ3v) is 12.3. The summed E-state index contributed by atoms with van der Waals surface area (Å²) in [6, 6.07) is 19.8. The van der Waals surface area contributed by atoms with Gasteiger partial charge in [-0.1, -0.05) is 78.9 Å². The van der Waals surface area contributed by atoms with Crippen molar-refractivity contribution in [3.8, 4) is 0 Å². The zero-order valence-corrected chi connectivity index (χ0v) is 40.6. The molecular weight excluding hydrogens is 832 g/mol. The van der Waals surface area contributed by atoms with Gasteiger partial charge in [-0.05, 0) is 122 Å². The smallest absolute Gasteiger partial charge is 0.336 e. The first kappa shape index (κ1) is 53.2. The maximum atomic E-state index is 14.3. The Morgan fingerprint density at radius 3 is 1.91 bits per heavy atom. The lowest BCUT2D eigenvalue weighted by Gasteiger charge is -2.32. The summed E-state index contributed by atoms with van der Waals surface area (Å²) in [5.41, 5.74) is 3.93. The molecule has 4 amide bonds. The Kier molecular flexibility index (Phi) is 18.5. The molecule has 350 valence electrons. The van der Waals surface area contributed by atoms with E-state index in [4.69, 9.17) is 19.5 Å². The van der Waals surface area contributed by atoms with Crippen LogP contribution in [0.3, 0.4) is 0 Å². The molecule has 0 unspecified atom stereocenters. The molecular formula is C50H71N4O9P. The molecule has 64 heavy (non-hydrogen) atoms. The van der Waals surface area contributed by atoms with E-state index >= 15 is 0 Å². The van der Waals surface area contributed by atoms with Gasteiger partial charge in [0.25, 0.3) is 0 Å². The van der Waals surface area contributed by atoms with Gasteiger partial charge in [0.15, 0.2) is 0 Å². The summed E-state index contributed by atoms with van der Waals surface area (Å²) in [5.74, 6) is -5.43. The number of rotatable bonds is 22. The molecule has 0 bridgehead atoms. The van der Waals surface area contributed by atoms with Crippen LogP contribution in [0.1, 0.15) is 118 Å². The van der Waals surface area contributed by atoms with Crippen LogP contribution < -0.4 is 21.7 Å². The third-order valence-electron chi connectivity index (χ3n) is 9.88. The van der Waals surface area contributed by atoms with E-state index in [-0.39, 0.29) is 25.0 Å². The number of nitrogens with one attached hydrogen (secondary N) is 3. The zero-order chi connectivity index (χ0) is 48.3. The number of benzene rings is 3. The number of allylic oxidation sites excluding steroid dienone is 2. The summed E-state index contributed by atoms with van der Waals surface area (Å²) >= 11 is 0. The fraction of sp³-hybridized carbons (Fsp3) is 0.500. The normalized spacial score (nSPS) is 14.4. The predicted octanol–water partition coefficient (Wildman–Crippen LogP) is 8.59. The quantitative estimate of drug-likeness (QED) is 0.0434. The Balaban J connectivity index is 1.84. The molecule has 3 aromatic carbocycles. The van der Waals surface area contributed by atoms with Crippen LogP contribution in [-0.2, 0) is 54.9 Å². The van der Waals surface area contributed by atoms with Crippen molar-refractivity contribution in [1.82, 2.24) is 16.0 Å². The Morgan fingerprint density at radius 1 is 0.766 bits per heavy atom. The van der Waals surface area contributed by atoms with Crippen LogP contribution in [0.25, 0.3) is 10.8 Å². The summed E-state index contributed by atoms with van der Waals surface area (Å²) < 4.78 is 31.6. The van der Waals surface area contributed by atoms with E-state index in [0.717, 1.165) is 16.3 Å². The summed E-state index contributed by atoms with van der Waals surface area (Å²) in [5, 5.41) is 10.5. The van der Waals surface area contributed by atoms with Crippen molar-refractivity contribution >= 4 is 48.0 Å². The second-order valence-corrected chi connectivity index (χ2v) is 21.8. The van der Waals surface area contributed by atoms with Gasteiger partial charge in [-0.25, -0.2) is 0 Å². The van der Waals surface area contributed by atoms with Gasteiger partial charge in [-0.15, -0.1) is 13.2 Å². The minimum atomic E-state index is -3.63. The number of ether oxygens (including phenoxy) is 1. The first-order chi connectivity index (χ1) is 29.5. The monoisotopic (exact) mass is 902 g/mol. The van der Waals surface area contributed by atoms with E-state index in [9.17, 15) is 28.5 Å². The molecule has 14 heteroatoms. The van der Waals surface area contributed by atoms with Crippen molar-refractivity contribution < 1.29 is 42.3 Å². The first-order valence-electron chi connectivity index (χ1n) is 21.7. The number of carbonyl (C=O) groups is 5. The molecule has 0 aliphatic carbocycles. The van der Waals surface area contributed by atoms with E-state index in [0.29, 0.717) is 24.0 Å². The van der Waals surface area contributed by atoms with Gasteiger partial charge in [-0.3, -0.25) is 28.5 Å². The van der Waals surface area contributed by atoms with Crippen LogP contribution in [0.15, 0.2) is 92.0 Å². The van der Waals surface area contributed by atoms with Crippen molar-refractivity contribution in [2.24, 2.45) is 17.6 Å². The third kappa shape index (κ3) is 17.5. The molecule has 3 rings (SSSR count).